The Kier molecular flexibility index (Phi) is 4.52. The van der Waals surface area contributed by atoms with Gasteiger partial charge in [0.25, 0.3) is 5.89 Å². The molecule has 0 fully saturated rings. The standard InChI is InChI=1S/C15H21N3O2/c1-4-8-12(19-3)13-17-14(20-18-13)15(2,16)11-9-6-5-7-10-11/h5-7,9-10,12H,4,8,16H2,1-3H3. The number of hydrogen-bond acceptors (Lipinski definition) is 5. The monoisotopic (exact) mass is 275 g/mol. The van der Waals surface area contributed by atoms with Crippen LogP contribution in [0, 0.1) is 0 Å². The highest BCUT2D eigenvalue weighted by Gasteiger charge is 2.31. The van der Waals surface area contributed by atoms with Gasteiger partial charge < -0.3 is 15.0 Å². The number of methoxy groups -OCH3 is 1. The lowest BCUT2D eigenvalue weighted by Gasteiger charge is -2.20. The Bertz CT molecular complexity index is 537. The van der Waals surface area contributed by atoms with Crippen LogP contribution in [0.15, 0.2) is 34.9 Å². The Labute approximate surface area is 119 Å². The SMILES string of the molecule is CCCC(OC)c1noc(C(C)(N)c2ccccc2)n1. The van der Waals surface area contributed by atoms with E-state index in [4.69, 9.17) is 15.0 Å². The van der Waals surface area contributed by atoms with Gasteiger partial charge in [-0.15, -0.1) is 0 Å². The minimum Gasteiger partial charge on any atom is -0.373 e. The summed E-state index contributed by atoms with van der Waals surface area (Å²) >= 11 is 0. The molecule has 2 aromatic rings. The van der Waals surface area contributed by atoms with Gasteiger partial charge in [0.1, 0.15) is 11.6 Å². The largest absolute Gasteiger partial charge is 0.373 e. The summed E-state index contributed by atoms with van der Waals surface area (Å²) in [5, 5.41) is 4.01. The molecule has 2 unspecified atom stereocenters. The lowest BCUT2D eigenvalue weighted by molar-refractivity contribution is 0.0854. The smallest absolute Gasteiger partial charge is 0.251 e. The highest BCUT2D eigenvalue weighted by molar-refractivity contribution is 5.28. The number of rotatable bonds is 6. The molecule has 0 radical (unpaired) electrons. The van der Waals surface area contributed by atoms with Gasteiger partial charge >= 0.3 is 0 Å². The average molecular weight is 275 g/mol. The number of aromatic nitrogens is 2. The van der Waals surface area contributed by atoms with Crippen molar-refractivity contribution in [2.75, 3.05) is 7.11 Å². The lowest BCUT2D eigenvalue weighted by atomic mass is 9.93. The molecule has 20 heavy (non-hydrogen) atoms. The molecule has 0 bridgehead atoms. The van der Waals surface area contributed by atoms with Crippen LogP contribution in [0.3, 0.4) is 0 Å². The number of hydrogen-bond donors (Lipinski definition) is 1. The molecule has 2 atom stereocenters. The molecular weight excluding hydrogens is 254 g/mol. The molecule has 0 spiro atoms. The molecule has 0 aliphatic carbocycles. The lowest BCUT2D eigenvalue weighted by Crippen LogP contribution is -2.34. The topological polar surface area (TPSA) is 74.2 Å². The molecule has 5 nitrogen and oxygen atoms in total. The first-order valence-corrected chi connectivity index (χ1v) is 6.80. The molecule has 0 amide bonds. The van der Waals surface area contributed by atoms with Crippen LogP contribution < -0.4 is 5.73 Å². The van der Waals surface area contributed by atoms with Gasteiger partial charge in [0.05, 0.1) is 0 Å². The van der Waals surface area contributed by atoms with E-state index < -0.39 is 5.54 Å². The predicted molar refractivity (Wildman–Crippen MR) is 76.0 cm³/mol. The highest BCUT2D eigenvalue weighted by Crippen LogP contribution is 2.27. The molecule has 2 N–H and O–H groups in total. The van der Waals surface area contributed by atoms with Crippen molar-refractivity contribution in [3.63, 3.8) is 0 Å². The van der Waals surface area contributed by atoms with Crippen LogP contribution >= 0.6 is 0 Å². The normalized spacial score (nSPS) is 15.8. The zero-order chi connectivity index (χ0) is 14.6. The van der Waals surface area contributed by atoms with Crippen molar-refractivity contribution < 1.29 is 9.26 Å². The Balaban J connectivity index is 2.28. The van der Waals surface area contributed by atoms with E-state index in [1.54, 1.807) is 7.11 Å². The molecule has 0 saturated carbocycles. The minimum atomic E-state index is -0.809. The summed E-state index contributed by atoms with van der Waals surface area (Å²) in [5.41, 5.74) is 6.47. The maximum absolute atomic E-state index is 6.35. The van der Waals surface area contributed by atoms with Gasteiger partial charge in [0, 0.05) is 7.11 Å². The van der Waals surface area contributed by atoms with E-state index in [1.165, 1.54) is 0 Å². The van der Waals surface area contributed by atoms with Crippen molar-refractivity contribution in [2.45, 2.75) is 38.3 Å². The van der Waals surface area contributed by atoms with E-state index in [0.717, 1.165) is 18.4 Å². The predicted octanol–water partition coefficient (Wildman–Crippen LogP) is 2.78. The first kappa shape index (κ1) is 14.7. The van der Waals surface area contributed by atoms with Crippen molar-refractivity contribution in [2.24, 2.45) is 5.73 Å². The fourth-order valence-electron chi connectivity index (χ4n) is 2.10. The third-order valence-electron chi connectivity index (χ3n) is 3.38. The molecule has 1 heterocycles. The number of benzene rings is 1. The first-order valence-electron chi connectivity index (χ1n) is 6.80. The maximum atomic E-state index is 6.35. The molecular formula is C15H21N3O2. The zero-order valence-corrected chi connectivity index (χ0v) is 12.2. The second kappa shape index (κ2) is 6.15. The van der Waals surface area contributed by atoms with E-state index in [1.807, 2.05) is 37.3 Å². The van der Waals surface area contributed by atoms with Crippen LogP contribution in [0.25, 0.3) is 0 Å². The van der Waals surface area contributed by atoms with Gasteiger partial charge in [-0.2, -0.15) is 4.98 Å². The van der Waals surface area contributed by atoms with Gasteiger partial charge in [-0.05, 0) is 18.9 Å². The summed E-state index contributed by atoms with van der Waals surface area (Å²) in [6.07, 6.45) is 1.69. The van der Waals surface area contributed by atoms with Gasteiger partial charge in [-0.25, -0.2) is 0 Å². The van der Waals surface area contributed by atoms with Gasteiger partial charge in [0.2, 0.25) is 5.82 Å². The van der Waals surface area contributed by atoms with Gasteiger partial charge in [-0.3, -0.25) is 0 Å². The fourth-order valence-corrected chi connectivity index (χ4v) is 2.10. The van der Waals surface area contributed by atoms with Crippen molar-refractivity contribution >= 4 is 0 Å². The van der Waals surface area contributed by atoms with Crippen molar-refractivity contribution in [1.29, 1.82) is 0 Å². The van der Waals surface area contributed by atoms with Crippen LogP contribution in [0.1, 0.15) is 50.1 Å². The number of ether oxygens (including phenoxy) is 1. The molecule has 2 rings (SSSR count). The quantitative estimate of drug-likeness (QED) is 0.877. The van der Waals surface area contributed by atoms with Crippen LogP contribution in [0.5, 0.6) is 0 Å². The molecule has 1 aromatic carbocycles. The molecule has 0 saturated heterocycles. The fraction of sp³-hybridized carbons (Fsp3) is 0.467. The van der Waals surface area contributed by atoms with Crippen LogP contribution in [0.4, 0.5) is 0 Å². The molecule has 0 aliphatic heterocycles. The van der Waals surface area contributed by atoms with Gasteiger partial charge in [0.15, 0.2) is 0 Å². The second-order valence-corrected chi connectivity index (χ2v) is 5.04. The Hall–Kier alpha value is -1.72. The Morgan fingerprint density at radius 2 is 2.05 bits per heavy atom. The summed E-state index contributed by atoms with van der Waals surface area (Å²) in [4.78, 5) is 4.42. The molecule has 0 aliphatic rings. The van der Waals surface area contributed by atoms with Crippen LogP contribution in [0.2, 0.25) is 0 Å². The van der Waals surface area contributed by atoms with Crippen molar-refractivity contribution in [3.05, 3.63) is 47.6 Å². The zero-order valence-electron chi connectivity index (χ0n) is 12.2. The van der Waals surface area contributed by atoms with E-state index in [-0.39, 0.29) is 6.10 Å². The average Bonchev–Trinajstić information content (AvgIpc) is 2.96. The first-order chi connectivity index (χ1) is 9.59. The van der Waals surface area contributed by atoms with E-state index in [0.29, 0.717) is 11.7 Å². The second-order valence-electron chi connectivity index (χ2n) is 5.04. The molecule has 108 valence electrons. The summed E-state index contributed by atoms with van der Waals surface area (Å²) in [5.74, 6) is 0.953. The van der Waals surface area contributed by atoms with Crippen molar-refractivity contribution in [3.8, 4) is 0 Å². The summed E-state index contributed by atoms with van der Waals surface area (Å²) in [6.45, 7) is 3.95. The van der Waals surface area contributed by atoms with Crippen molar-refractivity contribution in [1.82, 2.24) is 10.1 Å². The van der Waals surface area contributed by atoms with Gasteiger partial charge in [-0.1, -0.05) is 48.8 Å². The van der Waals surface area contributed by atoms with Crippen LogP contribution in [-0.2, 0) is 10.3 Å². The number of nitrogens with zero attached hydrogens (tertiary/aromatic N) is 2. The highest BCUT2D eigenvalue weighted by atomic mass is 16.5. The minimum absolute atomic E-state index is 0.149. The Morgan fingerprint density at radius 1 is 1.35 bits per heavy atom. The number of nitrogens with two attached hydrogens (primary N) is 1. The third kappa shape index (κ3) is 2.89. The molecule has 5 heteroatoms. The summed E-state index contributed by atoms with van der Waals surface area (Å²) in [7, 11) is 1.65. The maximum Gasteiger partial charge on any atom is 0.251 e. The third-order valence-corrected chi connectivity index (χ3v) is 3.38. The summed E-state index contributed by atoms with van der Waals surface area (Å²) in [6, 6.07) is 9.72. The molecule has 1 aromatic heterocycles. The summed E-state index contributed by atoms with van der Waals surface area (Å²) < 4.78 is 10.7. The van der Waals surface area contributed by atoms with E-state index >= 15 is 0 Å². The van der Waals surface area contributed by atoms with Crippen LogP contribution in [-0.4, -0.2) is 17.3 Å². The Morgan fingerprint density at radius 3 is 2.65 bits per heavy atom. The van der Waals surface area contributed by atoms with E-state index in [2.05, 4.69) is 17.1 Å². The van der Waals surface area contributed by atoms with E-state index in [9.17, 15) is 0 Å².